The highest BCUT2D eigenvalue weighted by atomic mass is 16.2. The van der Waals surface area contributed by atoms with Crippen molar-refractivity contribution in [3.63, 3.8) is 0 Å². The van der Waals surface area contributed by atoms with Crippen LogP contribution in [-0.2, 0) is 0 Å². The van der Waals surface area contributed by atoms with E-state index in [2.05, 4.69) is 10.4 Å². The molecule has 1 heterocycles. The predicted octanol–water partition coefficient (Wildman–Crippen LogP) is 1.01. The number of rotatable bonds is 5. The first kappa shape index (κ1) is 15.4. The number of aryl methyl sites for hydroxylation is 1. The van der Waals surface area contributed by atoms with Crippen molar-refractivity contribution in [2.75, 3.05) is 6.54 Å². The van der Waals surface area contributed by atoms with Crippen LogP contribution in [0.25, 0.3) is 5.69 Å². The van der Waals surface area contributed by atoms with Crippen LogP contribution in [-0.4, -0.2) is 28.3 Å². The first-order chi connectivity index (χ1) is 11.1. The topological polar surface area (TPSA) is 90.0 Å². The van der Waals surface area contributed by atoms with Gasteiger partial charge in [-0.05, 0) is 37.8 Å². The van der Waals surface area contributed by atoms with Gasteiger partial charge in [-0.3, -0.25) is 9.59 Å². The minimum atomic E-state index is -0.456. The highest BCUT2D eigenvalue weighted by Gasteiger charge is 2.32. The molecule has 120 valence electrons. The molecule has 1 aromatic carbocycles. The molecule has 3 rings (SSSR count). The van der Waals surface area contributed by atoms with Gasteiger partial charge in [-0.1, -0.05) is 18.2 Å². The van der Waals surface area contributed by atoms with Crippen molar-refractivity contribution in [1.29, 1.82) is 0 Å². The lowest BCUT2D eigenvalue weighted by atomic mass is 10.2. The van der Waals surface area contributed by atoms with Crippen LogP contribution in [0.15, 0.2) is 41.2 Å². The van der Waals surface area contributed by atoms with Gasteiger partial charge in [0.05, 0.1) is 5.69 Å². The maximum atomic E-state index is 12.4. The molecule has 0 bridgehead atoms. The van der Waals surface area contributed by atoms with Gasteiger partial charge < -0.3 is 11.1 Å². The second-order valence-electron chi connectivity index (χ2n) is 5.90. The van der Waals surface area contributed by atoms with Gasteiger partial charge in [0, 0.05) is 24.3 Å². The maximum Gasteiger partial charge on any atom is 0.276 e. The van der Waals surface area contributed by atoms with Crippen LogP contribution in [0.1, 0.15) is 29.0 Å². The largest absolute Gasteiger partial charge is 0.346 e. The van der Waals surface area contributed by atoms with E-state index in [1.807, 2.05) is 30.3 Å². The number of aromatic nitrogens is 2. The molecule has 1 aromatic heterocycles. The third kappa shape index (κ3) is 3.32. The van der Waals surface area contributed by atoms with Gasteiger partial charge in [0.2, 0.25) is 5.43 Å². The van der Waals surface area contributed by atoms with Gasteiger partial charge in [-0.25, -0.2) is 4.68 Å². The van der Waals surface area contributed by atoms with E-state index in [-0.39, 0.29) is 17.2 Å². The summed E-state index contributed by atoms with van der Waals surface area (Å²) < 4.78 is 1.60. The molecule has 1 saturated carbocycles. The van der Waals surface area contributed by atoms with Gasteiger partial charge in [0.25, 0.3) is 5.91 Å². The van der Waals surface area contributed by atoms with Gasteiger partial charge in [-0.2, -0.15) is 5.10 Å². The number of hydrogen-bond donors (Lipinski definition) is 2. The summed E-state index contributed by atoms with van der Waals surface area (Å²) in [7, 11) is 0. The summed E-state index contributed by atoms with van der Waals surface area (Å²) in [4.78, 5) is 24.6. The van der Waals surface area contributed by atoms with E-state index in [4.69, 9.17) is 5.73 Å². The van der Waals surface area contributed by atoms with E-state index in [0.29, 0.717) is 18.2 Å². The zero-order chi connectivity index (χ0) is 16.4. The number of amides is 1. The van der Waals surface area contributed by atoms with E-state index in [9.17, 15) is 9.59 Å². The summed E-state index contributed by atoms with van der Waals surface area (Å²) in [6.45, 7) is 2.16. The molecule has 1 aliphatic rings. The molecule has 1 amide bonds. The third-order valence-corrected chi connectivity index (χ3v) is 4.08. The number of para-hydroxylation sites is 1. The summed E-state index contributed by atoms with van der Waals surface area (Å²) >= 11 is 0. The molecule has 1 fully saturated rings. The molecule has 1 unspecified atom stereocenters. The number of nitrogens with one attached hydrogen (secondary N) is 1. The molecule has 0 aliphatic heterocycles. The Morgan fingerprint density at radius 3 is 2.70 bits per heavy atom. The van der Waals surface area contributed by atoms with Gasteiger partial charge in [0.15, 0.2) is 5.69 Å². The van der Waals surface area contributed by atoms with Crippen molar-refractivity contribution >= 4 is 5.91 Å². The van der Waals surface area contributed by atoms with Crippen LogP contribution in [0.5, 0.6) is 0 Å². The SMILES string of the molecule is Cc1cc(=O)c(C(=O)NC(CN)C2CC2)nn1-c1ccccc1. The van der Waals surface area contributed by atoms with Crippen LogP contribution in [0.3, 0.4) is 0 Å². The molecule has 6 nitrogen and oxygen atoms in total. The molecule has 0 saturated heterocycles. The Bertz CT molecular complexity index is 766. The Morgan fingerprint density at radius 1 is 1.39 bits per heavy atom. The average Bonchev–Trinajstić information content (AvgIpc) is 3.38. The fourth-order valence-corrected chi connectivity index (χ4v) is 2.64. The Labute approximate surface area is 134 Å². The first-order valence-electron chi connectivity index (χ1n) is 7.77. The Morgan fingerprint density at radius 2 is 2.09 bits per heavy atom. The number of nitrogens with two attached hydrogens (primary N) is 1. The quantitative estimate of drug-likeness (QED) is 0.862. The Kier molecular flexibility index (Phi) is 4.25. The molecule has 0 spiro atoms. The number of hydrogen-bond acceptors (Lipinski definition) is 4. The Hall–Kier alpha value is -2.47. The fraction of sp³-hybridized carbons (Fsp3) is 0.353. The van der Waals surface area contributed by atoms with Crippen molar-refractivity contribution in [3.8, 4) is 5.69 Å². The lowest BCUT2D eigenvalue weighted by molar-refractivity contribution is 0.0925. The van der Waals surface area contributed by atoms with Gasteiger partial charge in [-0.15, -0.1) is 0 Å². The number of nitrogens with zero attached hydrogens (tertiary/aromatic N) is 2. The summed E-state index contributed by atoms with van der Waals surface area (Å²) in [5.74, 6) is -0.0345. The summed E-state index contributed by atoms with van der Waals surface area (Å²) in [5, 5.41) is 7.10. The highest BCUT2D eigenvalue weighted by Crippen LogP contribution is 2.32. The van der Waals surface area contributed by atoms with Gasteiger partial charge in [0.1, 0.15) is 0 Å². The minimum Gasteiger partial charge on any atom is -0.346 e. The first-order valence-corrected chi connectivity index (χ1v) is 7.77. The van der Waals surface area contributed by atoms with Crippen LogP contribution in [0.4, 0.5) is 0 Å². The van der Waals surface area contributed by atoms with E-state index in [1.54, 1.807) is 11.6 Å². The molecule has 1 aliphatic carbocycles. The average molecular weight is 312 g/mol. The van der Waals surface area contributed by atoms with E-state index in [1.165, 1.54) is 6.07 Å². The molecule has 23 heavy (non-hydrogen) atoms. The zero-order valence-corrected chi connectivity index (χ0v) is 13.0. The van der Waals surface area contributed by atoms with Crippen molar-refractivity contribution in [2.45, 2.75) is 25.8 Å². The smallest absolute Gasteiger partial charge is 0.276 e. The minimum absolute atomic E-state index is 0.0878. The zero-order valence-electron chi connectivity index (χ0n) is 13.0. The highest BCUT2D eigenvalue weighted by molar-refractivity contribution is 5.92. The maximum absolute atomic E-state index is 12.4. The van der Waals surface area contributed by atoms with E-state index >= 15 is 0 Å². The molecular formula is C17H20N4O2. The predicted molar refractivity (Wildman–Crippen MR) is 87.6 cm³/mol. The van der Waals surface area contributed by atoms with E-state index < -0.39 is 5.91 Å². The monoisotopic (exact) mass is 312 g/mol. The summed E-state index contributed by atoms with van der Waals surface area (Å²) in [6.07, 6.45) is 2.13. The Balaban J connectivity index is 1.92. The number of benzene rings is 1. The fourth-order valence-electron chi connectivity index (χ4n) is 2.64. The van der Waals surface area contributed by atoms with Crippen molar-refractivity contribution in [2.24, 2.45) is 11.7 Å². The number of carbonyl (C=O) groups excluding carboxylic acids is 1. The van der Waals surface area contributed by atoms with Crippen LogP contribution >= 0.6 is 0 Å². The number of carbonyl (C=O) groups is 1. The summed E-state index contributed by atoms with van der Waals surface area (Å²) in [6, 6.07) is 10.8. The van der Waals surface area contributed by atoms with Crippen LogP contribution in [0, 0.1) is 12.8 Å². The van der Waals surface area contributed by atoms with Crippen molar-refractivity contribution in [3.05, 3.63) is 58.0 Å². The second kappa shape index (κ2) is 6.34. The molecule has 6 heteroatoms. The lowest BCUT2D eigenvalue weighted by Crippen LogP contribution is -2.44. The molecule has 0 radical (unpaired) electrons. The van der Waals surface area contributed by atoms with E-state index in [0.717, 1.165) is 18.5 Å². The van der Waals surface area contributed by atoms with Crippen LogP contribution in [0.2, 0.25) is 0 Å². The van der Waals surface area contributed by atoms with Crippen molar-refractivity contribution < 1.29 is 4.79 Å². The lowest BCUT2D eigenvalue weighted by Gasteiger charge is -2.16. The summed E-state index contributed by atoms with van der Waals surface area (Å²) in [5.41, 5.74) is 6.71. The van der Waals surface area contributed by atoms with Gasteiger partial charge >= 0.3 is 0 Å². The molecule has 2 aromatic rings. The normalized spacial score (nSPS) is 15.2. The standard InChI is InChI=1S/C17H20N4O2/c1-11-9-15(22)16(17(23)19-14(10-18)12-7-8-12)20-21(11)13-5-3-2-4-6-13/h2-6,9,12,14H,7-8,10,18H2,1H3,(H,19,23). The molecule has 3 N–H and O–H groups in total. The van der Waals surface area contributed by atoms with Crippen molar-refractivity contribution in [1.82, 2.24) is 15.1 Å². The molecule has 1 atom stereocenters. The molecular weight excluding hydrogens is 292 g/mol. The third-order valence-electron chi connectivity index (χ3n) is 4.08. The second-order valence-corrected chi connectivity index (χ2v) is 5.90. The van der Waals surface area contributed by atoms with Crippen LogP contribution < -0.4 is 16.5 Å².